The van der Waals surface area contributed by atoms with Crippen LogP contribution in [0, 0.1) is 11.3 Å². The lowest BCUT2D eigenvalue weighted by Gasteiger charge is -2.11. The fraction of sp³-hybridized carbons (Fsp3) is 0.0769. The Morgan fingerprint density at radius 1 is 0.812 bits per heavy atom. The minimum absolute atomic E-state index is 0.326. The average molecular weight is 235 g/mol. The van der Waals surface area contributed by atoms with E-state index in [1.165, 1.54) is 0 Å². The van der Waals surface area contributed by atoms with Crippen molar-refractivity contribution in [1.29, 1.82) is 0 Å². The molecule has 0 aliphatic carbocycles. The molecule has 2 nitrogen and oxygen atoms in total. The highest BCUT2D eigenvalue weighted by atomic mass is 35.6. The Labute approximate surface area is 98.6 Å². The number of benzene rings is 2. The second-order valence-corrected chi connectivity index (χ2v) is 3.66. The highest BCUT2D eigenvalue weighted by molar-refractivity contribution is 5.29. The molecule has 2 rings (SSSR count). The predicted octanol–water partition coefficient (Wildman–Crippen LogP) is 2.07. The van der Waals surface area contributed by atoms with Gasteiger partial charge >= 0.3 is 11.3 Å². The Morgan fingerprint density at radius 2 is 1.25 bits per heavy atom. The van der Waals surface area contributed by atoms with E-state index in [0.29, 0.717) is 11.3 Å². The summed E-state index contributed by atoms with van der Waals surface area (Å²) in [5.74, 6) is 0. The van der Waals surface area contributed by atoms with E-state index in [2.05, 4.69) is 0 Å². The van der Waals surface area contributed by atoms with Gasteiger partial charge in [-0.1, -0.05) is 65.0 Å². The molecule has 0 aliphatic heterocycles. The Kier molecular flexibility index (Phi) is 3.94. The lowest BCUT2D eigenvalue weighted by atomic mass is 10.0. The van der Waals surface area contributed by atoms with Crippen molar-refractivity contribution in [2.24, 2.45) is 0 Å². The van der Waals surface area contributed by atoms with Crippen LogP contribution in [0.2, 0.25) is 0 Å². The lowest BCUT2D eigenvalue weighted by Crippen LogP contribution is -2.11. The number of rotatable bonds is 4. The summed E-state index contributed by atoms with van der Waals surface area (Å²) in [6.45, 7) is 0. The van der Waals surface area contributed by atoms with Crippen LogP contribution in [0.3, 0.4) is 0 Å². The van der Waals surface area contributed by atoms with Crippen LogP contribution in [0.15, 0.2) is 60.7 Å². The van der Waals surface area contributed by atoms with Crippen molar-refractivity contribution in [3.8, 4) is 0 Å². The van der Waals surface area contributed by atoms with Gasteiger partial charge in [0.15, 0.2) is 6.10 Å². The molecule has 0 fully saturated rings. The predicted molar refractivity (Wildman–Crippen MR) is 55.8 cm³/mol. The molecule has 0 spiro atoms. The van der Waals surface area contributed by atoms with Crippen LogP contribution in [0.5, 0.6) is 0 Å². The second-order valence-electron chi connectivity index (χ2n) is 3.35. The SMILES string of the molecule is [O-][Cl+]OC(c1ccccc1)c1ccccc1. The smallest absolute Gasteiger partial charge is 0.331 e. The molecular formula is C13H11ClO2. The Balaban J connectivity index is 2.31. The van der Waals surface area contributed by atoms with Crippen molar-refractivity contribution < 1.29 is 20.3 Å². The van der Waals surface area contributed by atoms with Gasteiger partial charge in [0.25, 0.3) is 0 Å². The molecule has 3 heteroatoms. The van der Waals surface area contributed by atoms with Gasteiger partial charge in [-0.05, 0) is 11.1 Å². The zero-order valence-corrected chi connectivity index (χ0v) is 9.30. The van der Waals surface area contributed by atoms with Gasteiger partial charge < -0.3 is 4.66 Å². The summed E-state index contributed by atoms with van der Waals surface area (Å²) in [6.07, 6.45) is -0.326. The summed E-state index contributed by atoms with van der Waals surface area (Å²) in [6, 6.07) is 19.4. The number of hydrogen-bond donors (Lipinski definition) is 0. The van der Waals surface area contributed by atoms with Crippen molar-refractivity contribution in [2.45, 2.75) is 6.10 Å². The fourth-order valence-corrected chi connectivity index (χ4v) is 1.87. The third kappa shape index (κ3) is 2.61. The van der Waals surface area contributed by atoms with Crippen LogP contribution in [-0.2, 0) is 4.29 Å². The zero-order chi connectivity index (χ0) is 11.2. The molecular weight excluding hydrogens is 224 g/mol. The summed E-state index contributed by atoms with van der Waals surface area (Å²) < 4.78 is 15.6. The minimum atomic E-state index is -0.326. The first kappa shape index (κ1) is 11.1. The number of hydrogen-bond acceptors (Lipinski definition) is 2. The molecule has 0 atom stereocenters. The van der Waals surface area contributed by atoms with E-state index in [4.69, 9.17) is 4.29 Å². The summed E-state index contributed by atoms with van der Waals surface area (Å²) in [4.78, 5) is 0. The molecule has 0 heterocycles. The first-order chi connectivity index (χ1) is 7.92. The van der Waals surface area contributed by atoms with E-state index in [1.54, 1.807) is 0 Å². The van der Waals surface area contributed by atoms with E-state index in [1.807, 2.05) is 60.7 Å². The van der Waals surface area contributed by atoms with Crippen LogP contribution in [-0.4, -0.2) is 0 Å². The molecule has 0 N–H and O–H groups in total. The van der Waals surface area contributed by atoms with Gasteiger partial charge in [-0.25, -0.2) is 0 Å². The van der Waals surface area contributed by atoms with E-state index in [0.717, 1.165) is 11.1 Å². The molecule has 0 amide bonds. The number of halogens is 1. The summed E-state index contributed by atoms with van der Waals surface area (Å²) in [5, 5.41) is 0. The van der Waals surface area contributed by atoms with Crippen molar-refractivity contribution in [1.82, 2.24) is 0 Å². The van der Waals surface area contributed by atoms with Gasteiger partial charge in [-0.15, -0.1) is 0 Å². The molecule has 82 valence electrons. The highest BCUT2D eigenvalue weighted by Crippen LogP contribution is 2.25. The minimum Gasteiger partial charge on any atom is -0.506 e. The van der Waals surface area contributed by atoms with Crippen LogP contribution in [0.25, 0.3) is 0 Å². The normalized spacial score (nSPS) is 10.6. The molecule has 0 bridgehead atoms. The van der Waals surface area contributed by atoms with E-state index < -0.39 is 0 Å². The fourth-order valence-electron chi connectivity index (χ4n) is 1.59. The molecule has 0 aliphatic rings. The Bertz CT molecular complexity index is 377. The summed E-state index contributed by atoms with van der Waals surface area (Å²) >= 11 is 0.605. The van der Waals surface area contributed by atoms with Crippen molar-refractivity contribution in [3.05, 3.63) is 71.8 Å². The van der Waals surface area contributed by atoms with Gasteiger partial charge in [0.05, 0.1) is 0 Å². The third-order valence-corrected chi connectivity index (χ3v) is 2.58. The molecule has 0 aromatic heterocycles. The molecule has 2 aromatic carbocycles. The quantitative estimate of drug-likeness (QED) is 0.811. The standard InChI is InChI=1S/C13H11ClO2/c15-14-16-13(11-7-3-1-4-8-11)12-9-5-2-6-10-12/h1-10,13H. The maximum absolute atomic E-state index is 10.5. The van der Waals surface area contributed by atoms with E-state index in [-0.39, 0.29) is 6.10 Å². The van der Waals surface area contributed by atoms with Crippen molar-refractivity contribution in [3.63, 3.8) is 0 Å². The van der Waals surface area contributed by atoms with Gasteiger partial charge in [0.1, 0.15) is 0 Å². The van der Waals surface area contributed by atoms with Gasteiger partial charge in [0, 0.05) is 0 Å². The third-order valence-electron chi connectivity index (χ3n) is 2.33. The van der Waals surface area contributed by atoms with Gasteiger partial charge in [-0.3, -0.25) is 0 Å². The lowest BCUT2D eigenvalue weighted by molar-refractivity contribution is -1.27. The van der Waals surface area contributed by atoms with Crippen LogP contribution in [0.1, 0.15) is 17.2 Å². The van der Waals surface area contributed by atoms with Crippen LogP contribution < -0.4 is 4.66 Å². The largest absolute Gasteiger partial charge is 0.506 e. The Hall–Kier alpha value is -1.35. The first-order valence-corrected chi connectivity index (χ1v) is 5.56. The van der Waals surface area contributed by atoms with Crippen LogP contribution in [0.4, 0.5) is 0 Å². The zero-order valence-electron chi connectivity index (χ0n) is 8.55. The van der Waals surface area contributed by atoms with E-state index >= 15 is 0 Å². The Morgan fingerprint density at radius 3 is 1.62 bits per heavy atom. The van der Waals surface area contributed by atoms with Crippen molar-refractivity contribution in [2.75, 3.05) is 0 Å². The first-order valence-electron chi connectivity index (χ1n) is 4.94. The van der Waals surface area contributed by atoms with Crippen LogP contribution >= 0.6 is 0 Å². The summed E-state index contributed by atoms with van der Waals surface area (Å²) in [5.41, 5.74) is 1.94. The molecule has 0 radical (unpaired) electrons. The molecule has 0 unspecified atom stereocenters. The molecule has 0 saturated carbocycles. The molecule has 0 saturated heterocycles. The van der Waals surface area contributed by atoms with Gasteiger partial charge in [-0.2, -0.15) is 0 Å². The monoisotopic (exact) mass is 234 g/mol. The maximum Gasteiger partial charge on any atom is 0.331 e. The second kappa shape index (κ2) is 5.66. The maximum atomic E-state index is 10.5. The van der Waals surface area contributed by atoms with E-state index in [9.17, 15) is 4.66 Å². The summed E-state index contributed by atoms with van der Waals surface area (Å²) in [7, 11) is 0. The van der Waals surface area contributed by atoms with Gasteiger partial charge in [0.2, 0.25) is 0 Å². The highest BCUT2D eigenvalue weighted by Gasteiger charge is 2.18. The topological polar surface area (TPSA) is 32.3 Å². The molecule has 16 heavy (non-hydrogen) atoms. The average Bonchev–Trinajstić information content (AvgIpc) is 2.38. The molecule has 2 aromatic rings. The van der Waals surface area contributed by atoms with Crippen molar-refractivity contribution >= 4 is 0 Å².